The molecule has 2 saturated heterocycles. The molecule has 0 bridgehead atoms. The number of benzene rings is 2. The van der Waals surface area contributed by atoms with Crippen molar-refractivity contribution < 1.29 is 14.3 Å². The molecular formula is C27H30N6O3. The Morgan fingerprint density at radius 3 is 2.50 bits per heavy atom. The van der Waals surface area contributed by atoms with Gasteiger partial charge in [0.05, 0.1) is 42.3 Å². The molecule has 0 saturated carbocycles. The van der Waals surface area contributed by atoms with Crippen LogP contribution in [-0.2, 0) is 9.53 Å². The number of ether oxygens (including phenoxy) is 1. The highest BCUT2D eigenvalue weighted by atomic mass is 16.5. The van der Waals surface area contributed by atoms with Gasteiger partial charge >= 0.3 is 0 Å². The molecule has 2 fully saturated rings. The van der Waals surface area contributed by atoms with E-state index < -0.39 is 0 Å². The van der Waals surface area contributed by atoms with E-state index in [2.05, 4.69) is 49.4 Å². The van der Waals surface area contributed by atoms with Crippen molar-refractivity contribution in [3.63, 3.8) is 0 Å². The molecule has 2 N–H and O–H groups in total. The van der Waals surface area contributed by atoms with Crippen molar-refractivity contribution in [3.8, 4) is 22.5 Å². The van der Waals surface area contributed by atoms with Gasteiger partial charge in [-0.25, -0.2) is 0 Å². The average Bonchev–Trinajstić information content (AvgIpc) is 3.46. The van der Waals surface area contributed by atoms with E-state index in [0.717, 1.165) is 69.3 Å². The van der Waals surface area contributed by atoms with Gasteiger partial charge in [0, 0.05) is 56.1 Å². The molecule has 1 aliphatic carbocycles. The number of piperazine rings is 1. The summed E-state index contributed by atoms with van der Waals surface area (Å²) in [5.41, 5.74) is 5.75. The Hall–Kier alpha value is -3.53. The number of hydrogen-bond acceptors (Lipinski definition) is 7. The summed E-state index contributed by atoms with van der Waals surface area (Å²) in [5, 5.41) is 10.6. The fourth-order valence-electron chi connectivity index (χ4n) is 5.25. The van der Waals surface area contributed by atoms with Crippen molar-refractivity contribution in [2.45, 2.75) is 0 Å². The van der Waals surface area contributed by atoms with Crippen LogP contribution in [0.2, 0.25) is 0 Å². The van der Waals surface area contributed by atoms with Crippen molar-refractivity contribution in [2.75, 3.05) is 76.3 Å². The topological polar surface area (TPSA) is 93.8 Å². The van der Waals surface area contributed by atoms with Gasteiger partial charge in [-0.2, -0.15) is 5.10 Å². The average molecular weight is 487 g/mol. The maximum Gasteiger partial charge on any atom is 0.238 e. The van der Waals surface area contributed by atoms with Crippen LogP contribution in [0.15, 0.2) is 42.5 Å². The third kappa shape index (κ3) is 4.19. The highest BCUT2D eigenvalue weighted by molar-refractivity contribution is 6.27. The predicted molar refractivity (Wildman–Crippen MR) is 138 cm³/mol. The molecule has 36 heavy (non-hydrogen) atoms. The number of carbonyl (C=O) groups excluding carboxylic acids is 2. The lowest BCUT2D eigenvalue weighted by molar-refractivity contribution is -0.117. The Labute approximate surface area is 210 Å². The summed E-state index contributed by atoms with van der Waals surface area (Å²) in [6.07, 6.45) is 0. The first-order valence-corrected chi connectivity index (χ1v) is 12.5. The number of nitrogens with one attached hydrogen (secondary N) is 2. The van der Waals surface area contributed by atoms with Crippen LogP contribution in [0.3, 0.4) is 0 Å². The number of hydrogen-bond donors (Lipinski definition) is 2. The minimum Gasteiger partial charge on any atom is -0.378 e. The molecule has 1 aromatic heterocycles. The van der Waals surface area contributed by atoms with Gasteiger partial charge in [0.2, 0.25) is 5.91 Å². The number of rotatable bonds is 5. The van der Waals surface area contributed by atoms with Crippen LogP contribution < -0.4 is 10.2 Å². The maximum absolute atomic E-state index is 13.6. The normalized spacial score (nSPS) is 18.2. The number of morpholine rings is 1. The van der Waals surface area contributed by atoms with E-state index in [-0.39, 0.29) is 11.7 Å². The summed E-state index contributed by atoms with van der Waals surface area (Å²) < 4.78 is 5.45. The van der Waals surface area contributed by atoms with E-state index in [4.69, 9.17) is 4.74 Å². The van der Waals surface area contributed by atoms with E-state index in [1.165, 1.54) is 0 Å². The number of carbonyl (C=O) groups is 2. The zero-order chi connectivity index (χ0) is 24.6. The summed E-state index contributed by atoms with van der Waals surface area (Å²) in [5.74, 6) is -0.220. The zero-order valence-corrected chi connectivity index (χ0v) is 20.4. The summed E-state index contributed by atoms with van der Waals surface area (Å²) in [6.45, 7) is 7.14. The van der Waals surface area contributed by atoms with Gasteiger partial charge in [-0.05, 0) is 25.2 Å². The molecule has 9 nitrogen and oxygen atoms in total. The number of nitrogens with zero attached hydrogens (tertiary/aromatic N) is 4. The Bertz CT molecular complexity index is 1290. The molecule has 0 spiro atoms. The number of amides is 1. The van der Waals surface area contributed by atoms with Crippen molar-refractivity contribution in [1.82, 2.24) is 20.0 Å². The van der Waals surface area contributed by atoms with E-state index in [9.17, 15) is 9.59 Å². The summed E-state index contributed by atoms with van der Waals surface area (Å²) in [6, 6.07) is 13.7. The third-order valence-corrected chi connectivity index (χ3v) is 7.31. The molecule has 0 radical (unpaired) electrons. The summed E-state index contributed by atoms with van der Waals surface area (Å²) in [7, 11) is 2.09. The number of fused-ring (bicyclic) bond motifs is 3. The molecule has 3 aliphatic rings. The van der Waals surface area contributed by atoms with Crippen molar-refractivity contribution >= 4 is 23.1 Å². The minimum absolute atomic E-state index is 0.106. The Morgan fingerprint density at radius 1 is 1.00 bits per heavy atom. The van der Waals surface area contributed by atoms with Gasteiger partial charge in [-0.3, -0.25) is 19.6 Å². The first-order chi connectivity index (χ1) is 17.6. The number of likely N-dealkylation sites (N-methyl/N-ethyl adjacent to an activating group) is 1. The SMILES string of the molecule is CN1CCN(CC(=O)Nc2cccc3c2C(=O)c2c-3n[nH]c2-c2ccc(N3CCOCC3)cc2)CC1. The van der Waals surface area contributed by atoms with Crippen LogP contribution in [0.1, 0.15) is 15.9 Å². The van der Waals surface area contributed by atoms with Crippen LogP contribution in [0.4, 0.5) is 11.4 Å². The van der Waals surface area contributed by atoms with Gasteiger partial charge in [-0.15, -0.1) is 0 Å². The number of H-pyrrole nitrogens is 1. The second-order valence-electron chi connectivity index (χ2n) is 9.65. The monoisotopic (exact) mass is 486 g/mol. The zero-order valence-electron chi connectivity index (χ0n) is 20.4. The molecule has 1 amide bonds. The van der Waals surface area contributed by atoms with E-state index in [1.807, 2.05) is 24.3 Å². The Morgan fingerprint density at radius 2 is 1.75 bits per heavy atom. The molecule has 0 unspecified atom stereocenters. The smallest absolute Gasteiger partial charge is 0.238 e. The second-order valence-corrected chi connectivity index (χ2v) is 9.65. The largest absolute Gasteiger partial charge is 0.378 e. The highest BCUT2D eigenvalue weighted by Crippen LogP contribution is 2.43. The first-order valence-electron chi connectivity index (χ1n) is 12.5. The highest BCUT2D eigenvalue weighted by Gasteiger charge is 2.35. The van der Waals surface area contributed by atoms with Crippen LogP contribution >= 0.6 is 0 Å². The lowest BCUT2D eigenvalue weighted by Gasteiger charge is -2.31. The lowest BCUT2D eigenvalue weighted by atomic mass is 10.0. The molecule has 3 aromatic rings. The van der Waals surface area contributed by atoms with E-state index in [0.29, 0.717) is 34.7 Å². The van der Waals surface area contributed by atoms with Crippen molar-refractivity contribution in [2.24, 2.45) is 0 Å². The second kappa shape index (κ2) is 9.50. The number of anilines is 2. The molecule has 2 aliphatic heterocycles. The summed E-state index contributed by atoms with van der Waals surface area (Å²) >= 11 is 0. The van der Waals surface area contributed by atoms with Gasteiger partial charge in [0.25, 0.3) is 0 Å². The van der Waals surface area contributed by atoms with E-state index >= 15 is 0 Å². The molecule has 186 valence electrons. The van der Waals surface area contributed by atoms with Crippen molar-refractivity contribution in [3.05, 3.63) is 53.6 Å². The minimum atomic E-state index is -0.114. The molecular weight excluding hydrogens is 456 g/mol. The quantitative estimate of drug-likeness (QED) is 0.447. The lowest BCUT2D eigenvalue weighted by Crippen LogP contribution is -2.47. The van der Waals surface area contributed by atoms with E-state index in [1.54, 1.807) is 6.07 Å². The van der Waals surface area contributed by atoms with Crippen LogP contribution in [-0.4, -0.2) is 97.8 Å². The molecule has 9 heteroatoms. The third-order valence-electron chi connectivity index (χ3n) is 7.31. The first kappa shape index (κ1) is 22.9. The van der Waals surface area contributed by atoms with Crippen molar-refractivity contribution in [1.29, 1.82) is 0 Å². The van der Waals surface area contributed by atoms with Crippen LogP contribution in [0, 0.1) is 0 Å². The Kier molecular flexibility index (Phi) is 6.04. The predicted octanol–water partition coefficient (Wildman–Crippen LogP) is 2.31. The number of ketones is 1. The van der Waals surface area contributed by atoms with Crippen LogP contribution in [0.25, 0.3) is 22.5 Å². The van der Waals surface area contributed by atoms with Gasteiger partial charge in [-0.1, -0.05) is 24.3 Å². The molecule has 3 heterocycles. The fraction of sp³-hybridized carbons (Fsp3) is 0.370. The standard InChI is InChI=1S/C27H30N6O3/c1-31-9-11-32(12-10-31)17-22(34)28-21-4-2-3-20-23(21)27(35)24-25(29-30-26(20)24)18-5-7-19(8-6-18)33-13-15-36-16-14-33/h2-8H,9-17H2,1H3,(H,28,34)(H,29,30). The molecule has 0 atom stereocenters. The number of aromatic nitrogens is 2. The van der Waals surface area contributed by atoms with Gasteiger partial charge in [0.1, 0.15) is 5.69 Å². The fourth-order valence-corrected chi connectivity index (χ4v) is 5.25. The van der Waals surface area contributed by atoms with Gasteiger partial charge in [0.15, 0.2) is 5.78 Å². The van der Waals surface area contributed by atoms with Crippen LogP contribution in [0.5, 0.6) is 0 Å². The Balaban J connectivity index is 1.22. The molecule has 6 rings (SSSR count). The molecule has 2 aromatic carbocycles. The maximum atomic E-state index is 13.6. The summed E-state index contributed by atoms with van der Waals surface area (Å²) in [4.78, 5) is 33.1. The number of aromatic amines is 1. The van der Waals surface area contributed by atoms with Gasteiger partial charge < -0.3 is 19.9 Å².